The summed E-state index contributed by atoms with van der Waals surface area (Å²) in [6.07, 6.45) is 43.7. The standard InChI is InChI=1S/C58H114O7/c1-9-17-25-31-33-37-45-55(57(62-49-41-29-21-13-5)53(43-35-23-15-7)60-47-39-27-19-11-3)64-51-59-52-65-56(46-38-34-32-26-18-10-2)58(63-50-42-30-22-14-6)54(44-36-24-16-8)61-48-40-28-20-12-4/h55-56H,9-52H2,1-8H3. The van der Waals surface area contributed by atoms with E-state index in [1.54, 1.807) is 0 Å². The first-order valence-electron chi connectivity index (χ1n) is 28.9. The lowest BCUT2D eigenvalue weighted by atomic mass is 10.0. The van der Waals surface area contributed by atoms with Crippen LogP contribution in [0.3, 0.4) is 0 Å². The van der Waals surface area contributed by atoms with Gasteiger partial charge in [0.15, 0.2) is 25.1 Å². The Hall–Kier alpha value is -1.44. The van der Waals surface area contributed by atoms with Gasteiger partial charge in [-0.05, 0) is 51.4 Å². The van der Waals surface area contributed by atoms with Gasteiger partial charge in [0.25, 0.3) is 0 Å². The highest BCUT2D eigenvalue weighted by Gasteiger charge is 2.25. The number of hydrogen-bond donors (Lipinski definition) is 0. The van der Waals surface area contributed by atoms with Crippen LogP contribution in [0.2, 0.25) is 0 Å². The fourth-order valence-electron chi connectivity index (χ4n) is 8.28. The minimum absolute atomic E-state index is 0.139. The Morgan fingerprint density at radius 1 is 0.277 bits per heavy atom. The van der Waals surface area contributed by atoms with E-state index in [-0.39, 0.29) is 25.8 Å². The van der Waals surface area contributed by atoms with Gasteiger partial charge in [-0.2, -0.15) is 0 Å². The van der Waals surface area contributed by atoms with Crippen LogP contribution in [0.1, 0.15) is 299 Å². The maximum absolute atomic E-state index is 6.81. The SMILES string of the molecule is CCCCCCCCC(OCOCOC(CCCCCCCC)C(OCCCCCC)=C(CCCCC)OCCCCCC)C(OCCCCCC)=C(CCCCC)OCCCCCC. The van der Waals surface area contributed by atoms with Gasteiger partial charge in [-0.1, -0.05) is 235 Å². The van der Waals surface area contributed by atoms with E-state index in [1.807, 2.05) is 0 Å². The molecule has 0 N–H and O–H groups in total. The molecule has 65 heavy (non-hydrogen) atoms. The largest absolute Gasteiger partial charge is 0.494 e. The maximum Gasteiger partial charge on any atom is 0.162 e. The van der Waals surface area contributed by atoms with Crippen molar-refractivity contribution in [2.75, 3.05) is 40.0 Å². The third kappa shape index (κ3) is 39.1. The van der Waals surface area contributed by atoms with Crippen molar-refractivity contribution in [3.05, 3.63) is 23.0 Å². The van der Waals surface area contributed by atoms with Gasteiger partial charge in [0, 0.05) is 12.8 Å². The molecule has 0 amide bonds. The zero-order valence-electron chi connectivity index (χ0n) is 45.1. The van der Waals surface area contributed by atoms with E-state index in [4.69, 9.17) is 33.2 Å². The predicted molar refractivity (Wildman–Crippen MR) is 279 cm³/mol. The highest BCUT2D eigenvalue weighted by molar-refractivity contribution is 5.09. The summed E-state index contributed by atoms with van der Waals surface area (Å²) >= 11 is 0. The fraction of sp³-hybridized carbons (Fsp3) is 0.931. The second-order valence-electron chi connectivity index (χ2n) is 19.0. The van der Waals surface area contributed by atoms with Crippen LogP contribution in [-0.4, -0.2) is 52.2 Å². The van der Waals surface area contributed by atoms with E-state index in [0.29, 0.717) is 13.2 Å². The lowest BCUT2D eigenvalue weighted by Gasteiger charge is -2.26. The Kier molecular flexibility index (Phi) is 50.8. The van der Waals surface area contributed by atoms with Gasteiger partial charge < -0.3 is 33.2 Å². The molecule has 388 valence electrons. The summed E-state index contributed by atoms with van der Waals surface area (Å²) in [6.45, 7) is 21.3. The van der Waals surface area contributed by atoms with Gasteiger partial charge in [0.05, 0.1) is 26.4 Å². The molecule has 2 unspecified atom stereocenters. The lowest BCUT2D eigenvalue weighted by molar-refractivity contribution is -0.167. The van der Waals surface area contributed by atoms with E-state index in [2.05, 4.69) is 55.4 Å². The van der Waals surface area contributed by atoms with E-state index in [9.17, 15) is 0 Å². The zero-order valence-corrected chi connectivity index (χ0v) is 45.1. The Bertz CT molecular complexity index is 934. The van der Waals surface area contributed by atoms with Crippen molar-refractivity contribution >= 4 is 0 Å². The predicted octanol–water partition coefficient (Wildman–Crippen LogP) is 19.2. The van der Waals surface area contributed by atoms with Crippen molar-refractivity contribution < 1.29 is 33.2 Å². The number of unbranched alkanes of at least 4 members (excludes halogenated alkanes) is 26. The first-order chi connectivity index (χ1) is 32.1. The van der Waals surface area contributed by atoms with Crippen molar-refractivity contribution in [2.45, 2.75) is 312 Å². The number of allylic oxidation sites excluding steroid dienone is 2. The third-order valence-corrected chi connectivity index (χ3v) is 12.6. The molecule has 0 fully saturated rings. The van der Waals surface area contributed by atoms with Crippen LogP contribution in [0, 0.1) is 0 Å². The van der Waals surface area contributed by atoms with Crippen molar-refractivity contribution in [3.8, 4) is 0 Å². The maximum atomic E-state index is 6.81. The molecule has 0 bridgehead atoms. The van der Waals surface area contributed by atoms with Gasteiger partial charge in [0.2, 0.25) is 0 Å². The smallest absolute Gasteiger partial charge is 0.162 e. The van der Waals surface area contributed by atoms with E-state index < -0.39 is 0 Å². The Balaban J connectivity index is 6.62. The second kappa shape index (κ2) is 51.9. The van der Waals surface area contributed by atoms with Gasteiger partial charge in [-0.3, -0.25) is 0 Å². The molecule has 0 aromatic carbocycles. The summed E-state index contributed by atoms with van der Waals surface area (Å²) in [7, 11) is 0. The summed E-state index contributed by atoms with van der Waals surface area (Å²) in [5, 5.41) is 0. The van der Waals surface area contributed by atoms with Crippen LogP contribution in [-0.2, 0) is 33.2 Å². The first kappa shape index (κ1) is 63.6. The molecule has 0 spiro atoms. The quantitative estimate of drug-likeness (QED) is 0.0342. The molecule has 0 aromatic heterocycles. The molecule has 0 aliphatic rings. The average Bonchev–Trinajstić information content (AvgIpc) is 3.31. The van der Waals surface area contributed by atoms with Crippen LogP contribution in [0.4, 0.5) is 0 Å². The molecule has 0 aliphatic heterocycles. The van der Waals surface area contributed by atoms with Crippen molar-refractivity contribution in [2.24, 2.45) is 0 Å². The molecule has 7 nitrogen and oxygen atoms in total. The molecule has 0 aromatic rings. The van der Waals surface area contributed by atoms with Gasteiger partial charge in [-0.15, -0.1) is 0 Å². The molecule has 0 aliphatic carbocycles. The van der Waals surface area contributed by atoms with Crippen molar-refractivity contribution in [1.29, 1.82) is 0 Å². The van der Waals surface area contributed by atoms with E-state index >= 15 is 0 Å². The van der Waals surface area contributed by atoms with Gasteiger partial charge >= 0.3 is 0 Å². The van der Waals surface area contributed by atoms with E-state index in [0.717, 1.165) is 113 Å². The third-order valence-electron chi connectivity index (χ3n) is 12.6. The number of ether oxygens (including phenoxy) is 7. The monoisotopic (exact) mass is 923 g/mol. The number of rotatable bonds is 54. The fourth-order valence-corrected chi connectivity index (χ4v) is 8.28. The average molecular weight is 924 g/mol. The molecule has 0 rings (SSSR count). The molecular formula is C58H114O7. The summed E-state index contributed by atoms with van der Waals surface area (Å²) in [4.78, 5) is 0. The Morgan fingerprint density at radius 3 is 0.862 bits per heavy atom. The number of hydrogen-bond acceptors (Lipinski definition) is 7. The van der Waals surface area contributed by atoms with Crippen LogP contribution in [0.15, 0.2) is 23.0 Å². The normalized spacial score (nSPS) is 13.4. The molecule has 2 atom stereocenters. The van der Waals surface area contributed by atoms with Crippen LogP contribution in [0.25, 0.3) is 0 Å². The molecule has 0 heterocycles. The first-order valence-corrected chi connectivity index (χ1v) is 28.9. The highest BCUT2D eigenvalue weighted by atomic mass is 16.7. The summed E-state index contributed by atoms with van der Waals surface area (Å²) in [5.41, 5.74) is 0. The topological polar surface area (TPSA) is 64.6 Å². The molecular weight excluding hydrogens is 809 g/mol. The second-order valence-corrected chi connectivity index (χ2v) is 19.0. The lowest BCUT2D eigenvalue weighted by Crippen LogP contribution is -2.25. The van der Waals surface area contributed by atoms with Crippen molar-refractivity contribution in [1.82, 2.24) is 0 Å². The molecule has 0 saturated heterocycles. The minimum atomic E-state index is -0.216. The Morgan fingerprint density at radius 2 is 0.538 bits per heavy atom. The van der Waals surface area contributed by atoms with E-state index in [1.165, 1.54) is 167 Å². The van der Waals surface area contributed by atoms with Crippen LogP contribution in [0.5, 0.6) is 0 Å². The van der Waals surface area contributed by atoms with Crippen molar-refractivity contribution in [3.63, 3.8) is 0 Å². The van der Waals surface area contributed by atoms with Crippen LogP contribution >= 0.6 is 0 Å². The molecule has 7 heteroatoms. The molecule has 0 radical (unpaired) electrons. The van der Waals surface area contributed by atoms with Gasteiger partial charge in [0.1, 0.15) is 23.7 Å². The highest BCUT2D eigenvalue weighted by Crippen LogP contribution is 2.28. The minimum Gasteiger partial charge on any atom is -0.494 e. The summed E-state index contributed by atoms with van der Waals surface area (Å²) in [6, 6.07) is 0. The van der Waals surface area contributed by atoms with Crippen LogP contribution < -0.4 is 0 Å². The summed E-state index contributed by atoms with van der Waals surface area (Å²) < 4.78 is 47.0. The summed E-state index contributed by atoms with van der Waals surface area (Å²) in [5.74, 6) is 3.85. The van der Waals surface area contributed by atoms with Gasteiger partial charge in [-0.25, -0.2) is 0 Å². The molecule has 0 saturated carbocycles. The zero-order chi connectivity index (χ0) is 47.5. The Labute approximate surface area is 406 Å².